The number of hydrogen-bond acceptors (Lipinski definition) is 4. The van der Waals surface area contributed by atoms with Gasteiger partial charge in [0.2, 0.25) is 0 Å². The van der Waals surface area contributed by atoms with Gasteiger partial charge in [0.25, 0.3) is 0 Å². The quantitative estimate of drug-likeness (QED) is 0.918. The molecule has 1 amide bonds. The Morgan fingerprint density at radius 1 is 0.952 bits per heavy atom. The van der Waals surface area contributed by atoms with Crippen LogP contribution in [-0.2, 0) is 6.54 Å². The van der Waals surface area contributed by atoms with Crippen molar-refractivity contribution in [3.05, 3.63) is 54.1 Å². The van der Waals surface area contributed by atoms with E-state index in [1.807, 2.05) is 24.3 Å². The van der Waals surface area contributed by atoms with Crippen molar-refractivity contribution < 1.29 is 19.0 Å². The van der Waals surface area contributed by atoms with Crippen molar-refractivity contribution in [2.75, 3.05) is 14.2 Å². The Labute approximate surface area is 123 Å². The van der Waals surface area contributed by atoms with Crippen molar-refractivity contribution in [3.63, 3.8) is 0 Å². The molecular weight excluding hydrogens is 270 g/mol. The molecule has 5 heteroatoms. The molecule has 5 nitrogen and oxygen atoms in total. The minimum atomic E-state index is -0.533. The van der Waals surface area contributed by atoms with Crippen LogP contribution in [0.3, 0.4) is 0 Å². The van der Waals surface area contributed by atoms with Gasteiger partial charge in [-0.15, -0.1) is 0 Å². The molecular formula is C16H17NO4. The Hall–Kier alpha value is -2.69. The molecule has 0 aliphatic rings. The van der Waals surface area contributed by atoms with Crippen molar-refractivity contribution >= 4 is 6.09 Å². The maximum absolute atomic E-state index is 11.8. The number of hydrogen-bond donors (Lipinski definition) is 1. The molecule has 0 aromatic heterocycles. The number of rotatable bonds is 5. The molecule has 0 heterocycles. The van der Waals surface area contributed by atoms with Gasteiger partial charge in [-0.05, 0) is 24.3 Å². The van der Waals surface area contributed by atoms with Gasteiger partial charge in [-0.2, -0.15) is 0 Å². The van der Waals surface area contributed by atoms with E-state index in [1.54, 1.807) is 38.5 Å². The minimum Gasteiger partial charge on any atom is -0.496 e. The van der Waals surface area contributed by atoms with E-state index in [1.165, 1.54) is 0 Å². The molecule has 0 saturated carbocycles. The largest absolute Gasteiger partial charge is 0.496 e. The van der Waals surface area contributed by atoms with Gasteiger partial charge in [0.15, 0.2) is 0 Å². The van der Waals surface area contributed by atoms with Crippen molar-refractivity contribution in [3.8, 4) is 17.2 Å². The molecule has 0 aliphatic heterocycles. The summed E-state index contributed by atoms with van der Waals surface area (Å²) in [7, 11) is 3.14. The first-order chi connectivity index (χ1) is 10.2. The van der Waals surface area contributed by atoms with Crippen LogP contribution >= 0.6 is 0 Å². The lowest BCUT2D eigenvalue weighted by molar-refractivity contribution is 0.199. The molecule has 0 atom stereocenters. The van der Waals surface area contributed by atoms with E-state index < -0.39 is 6.09 Å². The summed E-state index contributed by atoms with van der Waals surface area (Å²) in [5.74, 6) is 1.78. The number of benzene rings is 2. The third kappa shape index (κ3) is 3.89. The summed E-state index contributed by atoms with van der Waals surface area (Å²) in [6.07, 6.45) is -0.533. The van der Waals surface area contributed by atoms with Gasteiger partial charge in [-0.3, -0.25) is 0 Å². The van der Waals surface area contributed by atoms with Crippen molar-refractivity contribution in [2.24, 2.45) is 0 Å². The normalized spacial score (nSPS) is 9.81. The van der Waals surface area contributed by atoms with Crippen molar-refractivity contribution in [2.45, 2.75) is 6.54 Å². The van der Waals surface area contributed by atoms with E-state index in [2.05, 4.69) is 5.32 Å². The second-order valence-corrected chi connectivity index (χ2v) is 4.20. The topological polar surface area (TPSA) is 56.8 Å². The van der Waals surface area contributed by atoms with Gasteiger partial charge >= 0.3 is 6.09 Å². The molecule has 0 saturated heterocycles. The van der Waals surface area contributed by atoms with Crippen LogP contribution in [0.25, 0.3) is 0 Å². The fourth-order valence-corrected chi connectivity index (χ4v) is 1.89. The average Bonchev–Trinajstić information content (AvgIpc) is 2.53. The summed E-state index contributed by atoms with van der Waals surface area (Å²) in [6.45, 7) is 0.249. The van der Waals surface area contributed by atoms with Crippen molar-refractivity contribution in [1.82, 2.24) is 5.32 Å². The van der Waals surface area contributed by atoms with E-state index in [4.69, 9.17) is 14.2 Å². The fraction of sp³-hybridized carbons (Fsp3) is 0.188. The number of ether oxygens (including phenoxy) is 3. The zero-order chi connectivity index (χ0) is 15.1. The third-order valence-electron chi connectivity index (χ3n) is 2.89. The smallest absolute Gasteiger partial charge is 0.412 e. The summed E-state index contributed by atoms with van der Waals surface area (Å²) in [5, 5.41) is 2.68. The standard InChI is InChI=1S/C16H17NO4/c1-19-14-9-6-10-15(20-2)13(14)11-17-16(18)21-12-7-4-3-5-8-12/h3-10H,11H2,1-2H3,(H,17,18). The predicted octanol–water partition coefficient (Wildman–Crippen LogP) is 2.99. The number of carbonyl (C=O) groups excluding carboxylic acids is 1. The molecule has 0 unspecified atom stereocenters. The highest BCUT2D eigenvalue weighted by Gasteiger charge is 2.11. The zero-order valence-electron chi connectivity index (χ0n) is 12.0. The van der Waals surface area contributed by atoms with Crippen LogP contribution in [0.5, 0.6) is 17.2 Å². The Bertz CT molecular complexity index is 576. The highest BCUT2D eigenvalue weighted by Crippen LogP contribution is 2.27. The first-order valence-corrected chi connectivity index (χ1v) is 6.45. The van der Waals surface area contributed by atoms with Crippen molar-refractivity contribution in [1.29, 1.82) is 0 Å². The van der Waals surface area contributed by atoms with Crippen LogP contribution in [0.15, 0.2) is 48.5 Å². The molecule has 2 aromatic rings. The number of amides is 1. The molecule has 21 heavy (non-hydrogen) atoms. The third-order valence-corrected chi connectivity index (χ3v) is 2.89. The highest BCUT2D eigenvalue weighted by atomic mass is 16.6. The van der Waals surface area contributed by atoms with Crippen LogP contribution in [0, 0.1) is 0 Å². The Morgan fingerprint density at radius 3 is 2.14 bits per heavy atom. The molecule has 0 radical (unpaired) electrons. The fourth-order valence-electron chi connectivity index (χ4n) is 1.89. The minimum absolute atomic E-state index is 0.249. The summed E-state index contributed by atoms with van der Waals surface area (Å²) < 4.78 is 15.7. The van der Waals surface area contributed by atoms with Crippen LogP contribution in [0.1, 0.15) is 5.56 Å². The second kappa shape index (κ2) is 7.19. The van der Waals surface area contributed by atoms with Crippen LogP contribution in [-0.4, -0.2) is 20.3 Å². The molecule has 0 aliphatic carbocycles. The summed E-state index contributed by atoms with van der Waals surface area (Å²) >= 11 is 0. The first-order valence-electron chi connectivity index (χ1n) is 6.45. The van der Waals surface area contributed by atoms with Gasteiger partial charge in [-0.25, -0.2) is 4.79 Å². The summed E-state index contributed by atoms with van der Waals surface area (Å²) in [4.78, 5) is 11.8. The maximum Gasteiger partial charge on any atom is 0.412 e. The molecule has 2 rings (SSSR count). The van der Waals surface area contributed by atoms with E-state index >= 15 is 0 Å². The second-order valence-electron chi connectivity index (χ2n) is 4.20. The van der Waals surface area contributed by atoms with E-state index in [0.717, 1.165) is 5.56 Å². The van der Waals surface area contributed by atoms with E-state index in [-0.39, 0.29) is 6.54 Å². The van der Waals surface area contributed by atoms with Crippen LogP contribution in [0.2, 0.25) is 0 Å². The first kappa shape index (κ1) is 14.7. The van der Waals surface area contributed by atoms with Gasteiger partial charge in [0, 0.05) is 0 Å². The number of nitrogens with one attached hydrogen (secondary N) is 1. The SMILES string of the molecule is COc1cccc(OC)c1CNC(=O)Oc1ccccc1. The number of para-hydroxylation sites is 1. The molecule has 1 N–H and O–H groups in total. The summed E-state index contributed by atoms with van der Waals surface area (Å²) in [6, 6.07) is 14.3. The molecule has 110 valence electrons. The molecule has 2 aromatic carbocycles. The van der Waals surface area contributed by atoms with E-state index in [9.17, 15) is 4.79 Å². The number of carbonyl (C=O) groups is 1. The van der Waals surface area contributed by atoms with Crippen LogP contribution < -0.4 is 19.5 Å². The Kier molecular flexibility index (Phi) is 5.04. The average molecular weight is 287 g/mol. The molecule has 0 bridgehead atoms. The van der Waals surface area contributed by atoms with Gasteiger partial charge in [-0.1, -0.05) is 24.3 Å². The lowest BCUT2D eigenvalue weighted by Gasteiger charge is -2.13. The molecule has 0 spiro atoms. The zero-order valence-corrected chi connectivity index (χ0v) is 12.0. The monoisotopic (exact) mass is 287 g/mol. The van der Waals surface area contributed by atoms with E-state index in [0.29, 0.717) is 17.2 Å². The van der Waals surface area contributed by atoms with Gasteiger partial charge in [0.05, 0.1) is 26.3 Å². The number of methoxy groups -OCH3 is 2. The Balaban J connectivity index is 2.01. The van der Waals surface area contributed by atoms with Crippen LogP contribution in [0.4, 0.5) is 4.79 Å². The maximum atomic E-state index is 11.8. The predicted molar refractivity (Wildman–Crippen MR) is 78.9 cm³/mol. The highest BCUT2D eigenvalue weighted by molar-refractivity contribution is 5.70. The lowest BCUT2D eigenvalue weighted by Crippen LogP contribution is -2.26. The summed E-state index contributed by atoms with van der Waals surface area (Å²) in [5.41, 5.74) is 0.757. The lowest BCUT2D eigenvalue weighted by atomic mass is 10.1. The van der Waals surface area contributed by atoms with Gasteiger partial charge in [0.1, 0.15) is 17.2 Å². The van der Waals surface area contributed by atoms with Gasteiger partial charge < -0.3 is 19.5 Å². The Morgan fingerprint density at radius 2 is 1.57 bits per heavy atom. The molecule has 0 fully saturated rings.